The Kier molecular flexibility index (Phi) is 4.59. The minimum atomic E-state index is -0.844. The highest BCUT2D eigenvalue weighted by molar-refractivity contribution is 5.70. The molecular formula is C16H23NO2. The first-order chi connectivity index (χ1) is 9.09. The molecule has 0 saturated heterocycles. The van der Waals surface area contributed by atoms with Gasteiger partial charge in [0, 0.05) is 6.04 Å². The van der Waals surface area contributed by atoms with Crippen LogP contribution in [0.3, 0.4) is 0 Å². The normalized spacial score (nSPS) is 19.9. The Bertz CT molecular complexity index is 421. The van der Waals surface area contributed by atoms with Crippen LogP contribution in [0.4, 0.5) is 0 Å². The molecule has 19 heavy (non-hydrogen) atoms. The number of aliphatic carboxylic acids is 1. The minimum Gasteiger partial charge on any atom is -0.481 e. The van der Waals surface area contributed by atoms with Gasteiger partial charge in [0.05, 0.1) is 5.92 Å². The van der Waals surface area contributed by atoms with Crippen molar-refractivity contribution in [3.05, 3.63) is 35.4 Å². The Morgan fingerprint density at radius 3 is 2.32 bits per heavy atom. The van der Waals surface area contributed by atoms with E-state index in [1.165, 1.54) is 37.7 Å². The molecule has 0 radical (unpaired) electrons. The first-order valence-electron chi connectivity index (χ1n) is 7.18. The molecular weight excluding hydrogens is 238 g/mol. The van der Waals surface area contributed by atoms with Gasteiger partial charge in [-0.2, -0.15) is 0 Å². The van der Waals surface area contributed by atoms with E-state index in [1.54, 1.807) is 6.92 Å². The number of benzene rings is 1. The second-order valence-corrected chi connectivity index (χ2v) is 5.65. The first kappa shape index (κ1) is 14.1. The van der Waals surface area contributed by atoms with Crippen molar-refractivity contribution in [1.29, 1.82) is 0 Å². The molecule has 0 spiro atoms. The minimum absolute atomic E-state index is 0.432. The fourth-order valence-electron chi connectivity index (χ4n) is 2.87. The maximum atomic E-state index is 10.9. The number of hydrogen-bond donors (Lipinski definition) is 2. The third-order valence-corrected chi connectivity index (χ3v) is 4.33. The molecule has 0 bridgehead atoms. The van der Waals surface area contributed by atoms with Crippen molar-refractivity contribution >= 4 is 5.97 Å². The van der Waals surface area contributed by atoms with Crippen LogP contribution in [0.1, 0.15) is 62.1 Å². The zero-order valence-corrected chi connectivity index (χ0v) is 11.5. The highest BCUT2D eigenvalue weighted by Gasteiger charge is 2.22. The van der Waals surface area contributed by atoms with Crippen LogP contribution in [-0.2, 0) is 4.79 Å². The summed E-state index contributed by atoms with van der Waals surface area (Å²) in [6.07, 6.45) is 6.55. The van der Waals surface area contributed by atoms with Crippen molar-refractivity contribution in [2.24, 2.45) is 11.7 Å². The Labute approximate surface area is 114 Å². The van der Waals surface area contributed by atoms with Crippen molar-refractivity contribution in [1.82, 2.24) is 0 Å². The lowest BCUT2D eigenvalue weighted by atomic mass is 9.83. The molecule has 0 amide bonds. The summed E-state index contributed by atoms with van der Waals surface area (Å²) >= 11 is 0. The molecule has 0 aliphatic heterocycles. The summed E-state index contributed by atoms with van der Waals surface area (Å²) < 4.78 is 0. The summed E-state index contributed by atoms with van der Waals surface area (Å²) in [7, 11) is 0. The van der Waals surface area contributed by atoms with Gasteiger partial charge in [-0.3, -0.25) is 4.79 Å². The van der Waals surface area contributed by atoms with E-state index in [0.717, 1.165) is 5.56 Å². The Balaban J connectivity index is 2.07. The molecule has 1 aromatic rings. The van der Waals surface area contributed by atoms with E-state index in [2.05, 4.69) is 12.1 Å². The monoisotopic (exact) mass is 261 g/mol. The number of rotatable bonds is 4. The van der Waals surface area contributed by atoms with Crippen LogP contribution < -0.4 is 5.73 Å². The molecule has 0 heterocycles. The SMILES string of the molecule is CC(C(=O)O)C(N)c1ccc(C2CCCCC2)cc1. The quantitative estimate of drug-likeness (QED) is 0.872. The second-order valence-electron chi connectivity index (χ2n) is 5.65. The smallest absolute Gasteiger partial charge is 0.308 e. The third-order valence-electron chi connectivity index (χ3n) is 4.33. The molecule has 2 rings (SSSR count). The van der Waals surface area contributed by atoms with Crippen LogP contribution in [0.2, 0.25) is 0 Å². The maximum absolute atomic E-state index is 10.9. The van der Waals surface area contributed by atoms with E-state index in [-0.39, 0.29) is 0 Å². The topological polar surface area (TPSA) is 63.3 Å². The van der Waals surface area contributed by atoms with Crippen LogP contribution in [0.15, 0.2) is 24.3 Å². The molecule has 2 atom stereocenters. The zero-order valence-electron chi connectivity index (χ0n) is 11.5. The Hall–Kier alpha value is -1.35. The van der Waals surface area contributed by atoms with Gasteiger partial charge in [0.1, 0.15) is 0 Å². The predicted molar refractivity (Wildman–Crippen MR) is 76.0 cm³/mol. The van der Waals surface area contributed by atoms with Crippen LogP contribution in [0.5, 0.6) is 0 Å². The van der Waals surface area contributed by atoms with Gasteiger partial charge in [0.2, 0.25) is 0 Å². The van der Waals surface area contributed by atoms with E-state index in [1.807, 2.05) is 12.1 Å². The van der Waals surface area contributed by atoms with Gasteiger partial charge in [-0.15, -0.1) is 0 Å². The number of carbonyl (C=O) groups is 1. The van der Waals surface area contributed by atoms with E-state index in [0.29, 0.717) is 5.92 Å². The molecule has 0 aromatic heterocycles. The summed E-state index contributed by atoms with van der Waals surface area (Å²) in [5.74, 6) is -0.722. The van der Waals surface area contributed by atoms with Gasteiger partial charge >= 0.3 is 5.97 Å². The first-order valence-corrected chi connectivity index (χ1v) is 7.18. The lowest BCUT2D eigenvalue weighted by Gasteiger charge is -2.23. The highest BCUT2D eigenvalue weighted by Crippen LogP contribution is 2.33. The van der Waals surface area contributed by atoms with Gasteiger partial charge in [-0.25, -0.2) is 0 Å². The molecule has 2 unspecified atom stereocenters. The number of carboxylic acids is 1. The van der Waals surface area contributed by atoms with E-state index in [4.69, 9.17) is 10.8 Å². The predicted octanol–water partition coefficient (Wildman–Crippen LogP) is 3.45. The van der Waals surface area contributed by atoms with Gasteiger partial charge in [0.15, 0.2) is 0 Å². The van der Waals surface area contributed by atoms with Gasteiger partial charge in [-0.1, -0.05) is 50.5 Å². The van der Waals surface area contributed by atoms with Crippen molar-refractivity contribution < 1.29 is 9.90 Å². The summed E-state index contributed by atoms with van der Waals surface area (Å²) in [5.41, 5.74) is 8.27. The van der Waals surface area contributed by atoms with Crippen LogP contribution in [0.25, 0.3) is 0 Å². The Morgan fingerprint density at radius 2 is 1.79 bits per heavy atom. The summed E-state index contributed by atoms with van der Waals surface area (Å²) in [5, 5.41) is 8.99. The summed E-state index contributed by atoms with van der Waals surface area (Å²) in [6, 6.07) is 7.81. The summed E-state index contributed by atoms with van der Waals surface area (Å²) in [6.45, 7) is 1.65. The maximum Gasteiger partial charge on any atom is 0.308 e. The second kappa shape index (κ2) is 6.20. The molecule has 1 aliphatic carbocycles. The number of nitrogens with two attached hydrogens (primary N) is 1. The van der Waals surface area contributed by atoms with Crippen LogP contribution in [-0.4, -0.2) is 11.1 Å². The third kappa shape index (κ3) is 3.35. The average molecular weight is 261 g/mol. The number of carboxylic acid groups (broad SMARTS) is 1. The van der Waals surface area contributed by atoms with Crippen molar-refractivity contribution in [3.8, 4) is 0 Å². The molecule has 1 aliphatic rings. The average Bonchev–Trinajstić information content (AvgIpc) is 2.46. The zero-order chi connectivity index (χ0) is 13.8. The lowest BCUT2D eigenvalue weighted by Crippen LogP contribution is -2.25. The molecule has 1 saturated carbocycles. The van der Waals surface area contributed by atoms with E-state index < -0.39 is 17.9 Å². The molecule has 3 N–H and O–H groups in total. The van der Waals surface area contributed by atoms with Gasteiger partial charge in [0.25, 0.3) is 0 Å². The fourth-order valence-corrected chi connectivity index (χ4v) is 2.87. The fraction of sp³-hybridized carbons (Fsp3) is 0.562. The van der Waals surface area contributed by atoms with Crippen molar-refractivity contribution in [2.45, 2.75) is 51.0 Å². The van der Waals surface area contributed by atoms with Crippen molar-refractivity contribution in [3.63, 3.8) is 0 Å². The summed E-state index contributed by atoms with van der Waals surface area (Å²) in [4.78, 5) is 10.9. The highest BCUT2D eigenvalue weighted by atomic mass is 16.4. The Morgan fingerprint density at radius 1 is 1.21 bits per heavy atom. The van der Waals surface area contributed by atoms with Crippen LogP contribution >= 0.6 is 0 Å². The van der Waals surface area contributed by atoms with E-state index >= 15 is 0 Å². The molecule has 104 valence electrons. The van der Waals surface area contributed by atoms with Crippen molar-refractivity contribution in [2.75, 3.05) is 0 Å². The molecule has 1 fully saturated rings. The van der Waals surface area contributed by atoms with E-state index in [9.17, 15) is 4.79 Å². The largest absolute Gasteiger partial charge is 0.481 e. The lowest BCUT2D eigenvalue weighted by molar-refractivity contribution is -0.141. The molecule has 3 heteroatoms. The molecule has 3 nitrogen and oxygen atoms in total. The standard InChI is InChI=1S/C16H23NO2/c1-11(16(18)19)15(17)14-9-7-13(8-10-14)12-5-3-2-4-6-12/h7-12,15H,2-6,17H2,1H3,(H,18,19). The molecule has 1 aromatic carbocycles. The van der Waals surface area contributed by atoms with Gasteiger partial charge in [-0.05, 0) is 29.9 Å². The van der Waals surface area contributed by atoms with Crippen LogP contribution in [0, 0.1) is 5.92 Å². The number of hydrogen-bond acceptors (Lipinski definition) is 2. The van der Waals surface area contributed by atoms with Gasteiger partial charge < -0.3 is 10.8 Å².